The molecule has 1 saturated carbocycles. The highest BCUT2D eigenvalue weighted by atomic mass is 35.5. The van der Waals surface area contributed by atoms with E-state index in [-0.39, 0.29) is 42.2 Å². The van der Waals surface area contributed by atoms with Crippen LogP contribution in [-0.4, -0.2) is 33.0 Å². The largest absolute Gasteiger partial charge is 0.416 e. The highest BCUT2D eigenvalue weighted by molar-refractivity contribution is 6.28. The van der Waals surface area contributed by atoms with Gasteiger partial charge in [-0.15, -0.1) is 0 Å². The first-order valence-corrected chi connectivity index (χ1v) is 11.0. The summed E-state index contributed by atoms with van der Waals surface area (Å²) >= 11 is 6.09. The third-order valence-electron chi connectivity index (χ3n) is 6.00. The molecule has 1 fully saturated rings. The van der Waals surface area contributed by atoms with E-state index >= 15 is 0 Å². The Balaban J connectivity index is 1.51. The highest BCUT2D eigenvalue weighted by Crippen LogP contribution is 2.35. The van der Waals surface area contributed by atoms with Crippen LogP contribution in [0.4, 0.5) is 29.5 Å². The molecule has 2 heterocycles. The summed E-state index contributed by atoms with van der Waals surface area (Å²) < 4.78 is 39.6. The Labute approximate surface area is 193 Å². The number of amides is 2. The number of fused-ring (bicyclic) bond motifs is 1. The molecular formula is C21H25ClF3N7O. The summed E-state index contributed by atoms with van der Waals surface area (Å²) in [5.41, 5.74) is 12.4. The molecule has 2 aliphatic rings. The molecule has 0 saturated heterocycles. The summed E-state index contributed by atoms with van der Waals surface area (Å²) in [6.45, 7) is 2.19. The lowest BCUT2D eigenvalue weighted by molar-refractivity contribution is -0.137. The second-order valence-electron chi connectivity index (χ2n) is 8.59. The predicted octanol–water partition coefficient (Wildman–Crippen LogP) is 3.81. The zero-order valence-corrected chi connectivity index (χ0v) is 18.7. The Bertz CT molecular complexity index is 1060. The van der Waals surface area contributed by atoms with Crippen LogP contribution < -0.4 is 22.1 Å². The van der Waals surface area contributed by atoms with Crippen LogP contribution in [0.2, 0.25) is 5.28 Å². The summed E-state index contributed by atoms with van der Waals surface area (Å²) in [7, 11) is 0. The lowest BCUT2D eigenvalue weighted by Gasteiger charge is -2.21. The molecular weight excluding hydrogens is 459 g/mol. The van der Waals surface area contributed by atoms with Gasteiger partial charge in [-0.05, 0) is 61.5 Å². The number of alkyl halides is 3. The fraction of sp³-hybridized carbons (Fsp3) is 0.476. The molecule has 0 radical (unpaired) electrons. The van der Waals surface area contributed by atoms with E-state index in [0.717, 1.165) is 31.4 Å². The number of nitrogen functional groups attached to an aromatic ring is 1. The minimum Gasteiger partial charge on any atom is -0.399 e. The molecule has 0 spiro atoms. The molecule has 12 heteroatoms. The van der Waals surface area contributed by atoms with Crippen molar-refractivity contribution < 1.29 is 18.0 Å². The minimum absolute atomic E-state index is 0.00824. The highest BCUT2D eigenvalue weighted by Gasteiger charge is 2.33. The number of rotatable bonds is 4. The molecule has 2 aromatic rings. The second kappa shape index (κ2) is 8.86. The lowest BCUT2D eigenvalue weighted by atomic mass is 10.0. The number of benzene rings is 1. The SMILES string of the molecule is C[C@@H](Nc1nc(Cl)nc2c1CN(C(=O)NC1CC[C@H](N)C1)C2)c1cc(N)cc(C(F)(F)F)c1. The molecule has 33 heavy (non-hydrogen) atoms. The standard InChI is InChI=1S/C21H25ClF3N7O/c1-10(11-4-12(21(23,24)25)6-14(27)5-11)28-18-16-8-32(9-17(16)30-19(22)31-18)20(33)29-15-3-2-13(26)7-15/h4-6,10,13,15H,2-3,7-9,26-27H2,1H3,(H,29,33)(H,28,30,31)/t10-,13+,15?/m1/s1. The van der Waals surface area contributed by atoms with Crippen molar-refractivity contribution in [1.29, 1.82) is 0 Å². The van der Waals surface area contributed by atoms with Crippen LogP contribution in [0.5, 0.6) is 0 Å². The lowest BCUT2D eigenvalue weighted by Crippen LogP contribution is -2.42. The van der Waals surface area contributed by atoms with Gasteiger partial charge in [-0.3, -0.25) is 0 Å². The number of hydrogen-bond donors (Lipinski definition) is 4. The van der Waals surface area contributed by atoms with Crippen molar-refractivity contribution in [1.82, 2.24) is 20.2 Å². The number of carbonyl (C=O) groups is 1. The maximum absolute atomic E-state index is 13.2. The third kappa shape index (κ3) is 5.25. The fourth-order valence-corrected chi connectivity index (χ4v) is 4.47. The Kier molecular flexibility index (Phi) is 6.28. The number of hydrogen-bond acceptors (Lipinski definition) is 6. The van der Waals surface area contributed by atoms with Crippen molar-refractivity contribution in [3.8, 4) is 0 Å². The molecule has 178 valence electrons. The summed E-state index contributed by atoms with van der Waals surface area (Å²) in [4.78, 5) is 22.8. The molecule has 1 aromatic carbocycles. The maximum Gasteiger partial charge on any atom is 0.416 e. The Morgan fingerprint density at radius 1 is 1.24 bits per heavy atom. The summed E-state index contributed by atoms with van der Waals surface area (Å²) in [5.74, 6) is 0.367. The van der Waals surface area contributed by atoms with Crippen LogP contribution in [0.15, 0.2) is 18.2 Å². The van der Waals surface area contributed by atoms with Gasteiger partial charge in [0.25, 0.3) is 0 Å². The number of urea groups is 1. The Morgan fingerprint density at radius 2 is 2.00 bits per heavy atom. The van der Waals surface area contributed by atoms with Crippen LogP contribution >= 0.6 is 11.6 Å². The van der Waals surface area contributed by atoms with Gasteiger partial charge < -0.3 is 27.0 Å². The van der Waals surface area contributed by atoms with E-state index in [4.69, 9.17) is 23.1 Å². The van der Waals surface area contributed by atoms with Gasteiger partial charge in [0, 0.05) is 23.3 Å². The van der Waals surface area contributed by atoms with E-state index in [2.05, 4.69) is 20.6 Å². The predicted molar refractivity (Wildman–Crippen MR) is 118 cm³/mol. The van der Waals surface area contributed by atoms with Crippen molar-refractivity contribution in [3.63, 3.8) is 0 Å². The molecule has 8 nitrogen and oxygen atoms in total. The van der Waals surface area contributed by atoms with Gasteiger partial charge in [-0.1, -0.05) is 0 Å². The number of halogens is 4. The van der Waals surface area contributed by atoms with Gasteiger partial charge in [0.2, 0.25) is 5.28 Å². The van der Waals surface area contributed by atoms with Crippen molar-refractivity contribution in [2.24, 2.45) is 5.73 Å². The first-order valence-electron chi connectivity index (χ1n) is 10.6. The summed E-state index contributed by atoms with van der Waals surface area (Å²) in [6, 6.07) is 2.75. The van der Waals surface area contributed by atoms with Crippen molar-refractivity contribution in [3.05, 3.63) is 45.9 Å². The summed E-state index contributed by atoms with van der Waals surface area (Å²) in [5, 5.41) is 6.09. The number of nitrogens with two attached hydrogens (primary N) is 2. The molecule has 3 atom stereocenters. The Morgan fingerprint density at radius 3 is 2.67 bits per heavy atom. The fourth-order valence-electron chi connectivity index (χ4n) is 4.28. The minimum atomic E-state index is -4.51. The van der Waals surface area contributed by atoms with Gasteiger partial charge in [0.05, 0.1) is 30.4 Å². The molecule has 6 N–H and O–H groups in total. The average Bonchev–Trinajstić information content (AvgIpc) is 3.32. The molecule has 1 unspecified atom stereocenters. The van der Waals surface area contributed by atoms with Gasteiger partial charge in [0.15, 0.2) is 0 Å². The van der Waals surface area contributed by atoms with Crippen molar-refractivity contribution in [2.45, 2.75) is 63.6 Å². The van der Waals surface area contributed by atoms with Gasteiger partial charge in [0.1, 0.15) is 5.82 Å². The van der Waals surface area contributed by atoms with E-state index in [9.17, 15) is 18.0 Å². The summed E-state index contributed by atoms with van der Waals surface area (Å²) in [6.07, 6.45) is -2.06. The monoisotopic (exact) mass is 483 g/mol. The quantitative estimate of drug-likeness (QED) is 0.387. The molecule has 1 aliphatic heterocycles. The zero-order valence-electron chi connectivity index (χ0n) is 17.9. The number of carbonyl (C=O) groups excluding carboxylic acids is 1. The van der Waals surface area contributed by atoms with E-state index < -0.39 is 17.8 Å². The molecule has 4 rings (SSSR count). The molecule has 2 amide bonds. The van der Waals surface area contributed by atoms with Crippen molar-refractivity contribution >= 4 is 29.1 Å². The van der Waals surface area contributed by atoms with Crippen LogP contribution in [0, 0.1) is 0 Å². The zero-order chi connectivity index (χ0) is 23.9. The number of anilines is 2. The van der Waals surface area contributed by atoms with Gasteiger partial charge in [-0.25, -0.2) is 14.8 Å². The van der Waals surface area contributed by atoms with Crippen LogP contribution in [-0.2, 0) is 19.3 Å². The van der Waals surface area contributed by atoms with E-state index in [1.165, 1.54) is 6.07 Å². The number of nitrogens with zero attached hydrogens (tertiary/aromatic N) is 3. The Hall–Kier alpha value is -2.79. The maximum atomic E-state index is 13.2. The third-order valence-corrected chi connectivity index (χ3v) is 6.17. The molecule has 1 aliphatic carbocycles. The van der Waals surface area contributed by atoms with Crippen LogP contribution in [0.3, 0.4) is 0 Å². The van der Waals surface area contributed by atoms with E-state index in [1.54, 1.807) is 11.8 Å². The first kappa shape index (κ1) is 23.4. The van der Waals surface area contributed by atoms with Crippen molar-refractivity contribution in [2.75, 3.05) is 11.1 Å². The van der Waals surface area contributed by atoms with Crippen LogP contribution in [0.1, 0.15) is 54.6 Å². The van der Waals surface area contributed by atoms with E-state index in [1.807, 2.05) is 0 Å². The normalized spacial score (nSPS) is 21.1. The van der Waals surface area contributed by atoms with E-state index in [0.29, 0.717) is 22.6 Å². The first-order chi connectivity index (χ1) is 15.5. The molecule has 1 aromatic heterocycles. The van der Waals surface area contributed by atoms with Crippen LogP contribution in [0.25, 0.3) is 0 Å². The van der Waals surface area contributed by atoms with Gasteiger partial charge in [-0.2, -0.15) is 13.2 Å². The number of aromatic nitrogens is 2. The number of nitrogens with one attached hydrogen (secondary N) is 2. The average molecular weight is 484 g/mol. The smallest absolute Gasteiger partial charge is 0.399 e. The topological polar surface area (TPSA) is 122 Å². The second-order valence-corrected chi connectivity index (χ2v) is 8.93. The molecule has 0 bridgehead atoms. The van der Waals surface area contributed by atoms with Gasteiger partial charge >= 0.3 is 12.2 Å².